The van der Waals surface area contributed by atoms with Crippen molar-refractivity contribution in [2.24, 2.45) is 10.7 Å². The van der Waals surface area contributed by atoms with Crippen molar-refractivity contribution in [1.29, 1.82) is 0 Å². The first-order chi connectivity index (χ1) is 10.1. The Labute approximate surface area is 128 Å². The lowest BCUT2D eigenvalue weighted by atomic mass is 10.1. The Morgan fingerprint density at radius 1 is 1.29 bits per heavy atom. The SMILES string of the molecule is Cc1ccc(CN=C(N)N2CCCCC2)c(OC(C)C)c1. The van der Waals surface area contributed by atoms with Crippen LogP contribution in [0.15, 0.2) is 23.2 Å². The molecule has 2 N–H and O–H groups in total. The van der Waals surface area contributed by atoms with Gasteiger partial charge in [0.05, 0.1) is 12.6 Å². The quantitative estimate of drug-likeness (QED) is 0.684. The summed E-state index contributed by atoms with van der Waals surface area (Å²) in [5, 5.41) is 0. The number of nitrogens with two attached hydrogens (primary N) is 1. The molecule has 0 atom stereocenters. The van der Waals surface area contributed by atoms with Crippen molar-refractivity contribution in [3.63, 3.8) is 0 Å². The molecule has 0 aliphatic carbocycles. The summed E-state index contributed by atoms with van der Waals surface area (Å²) in [4.78, 5) is 6.74. The molecule has 1 saturated heterocycles. The molecular weight excluding hydrogens is 262 g/mol. The number of benzene rings is 1. The van der Waals surface area contributed by atoms with Crippen molar-refractivity contribution in [1.82, 2.24) is 4.90 Å². The van der Waals surface area contributed by atoms with E-state index in [4.69, 9.17) is 10.5 Å². The van der Waals surface area contributed by atoms with Crippen LogP contribution in [0, 0.1) is 6.92 Å². The van der Waals surface area contributed by atoms with Gasteiger partial charge in [-0.05, 0) is 51.7 Å². The van der Waals surface area contributed by atoms with Gasteiger partial charge in [0.15, 0.2) is 5.96 Å². The van der Waals surface area contributed by atoms with E-state index in [0.29, 0.717) is 12.5 Å². The molecule has 0 unspecified atom stereocenters. The fourth-order valence-electron chi connectivity index (χ4n) is 2.55. The maximum Gasteiger partial charge on any atom is 0.191 e. The second kappa shape index (κ2) is 7.34. The van der Waals surface area contributed by atoms with E-state index in [2.05, 4.69) is 35.0 Å². The largest absolute Gasteiger partial charge is 0.491 e. The van der Waals surface area contributed by atoms with Crippen LogP contribution in [0.3, 0.4) is 0 Å². The lowest BCUT2D eigenvalue weighted by Crippen LogP contribution is -2.40. The number of likely N-dealkylation sites (tertiary alicyclic amines) is 1. The number of hydrogen-bond donors (Lipinski definition) is 1. The minimum absolute atomic E-state index is 0.161. The zero-order valence-electron chi connectivity index (χ0n) is 13.4. The molecule has 0 radical (unpaired) electrons. The van der Waals surface area contributed by atoms with Crippen LogP contribution < -0.4 is 10.5 Å². The van der Waals surface area contributed by atoms with E-state index >= 15 is 0 Å². The molecule has 0 aromatic heterocycles. The molecule has 21 heavy (non-hydrogen) atoms. The molecule has 0 amide bonds. The first kappa shape index (κ1) is 15.7. The van der Waals surface area contributed by atoms with Gasteiger partial charge < -0.3 is 15.4 Å². The molecule has 1 aromatic carbocycles. The minimum atomic E-state index is 0.161. The van der Waals surface area contributed by atoms with Crippen LogP contribution in [0.2, 0.25) is 0 Å². The van der Waals surface area contributed by atoms with Crippen molar-refractivity contribution in [2.45, 2.75) is 52.7 Å². The Balaban J connectivity index is 2.07. The molecule has 0 spiro atoms. The smallest absolute Gasteiger partial charge is 0.191 e. The fourth-order valence-corrected chi connectivity index (χ4v) is 2.55. The van der Waals surface area contributed by atoms with Gasteiger partial charge in [0.1, 0.15) is 5.75 Å². The van der Waals surface area contributed by atoms with E-state index in [0.717, 1.165) is 24.4 Å². The van der Waals surface area contributed by atoms with Crippen LogP contribution >= 0.6 is 0 Å². The Morgan fingerprint density at radius 3 is 2.67 bits per heavy atom. The lowest BCUT2D eigenvalue weighted by Gasteiger charge is -2.27. The number of nitrogens with zero attached hydrogens (tertiary/aromatic N) is 2. The molecule has 1 aromatic rings. The Morgan fingerprint density at radius 2 is 2.00 bits per heavy atom. The maximum absolute atomic E-state index is 6.11. The Bertz CT molecular complexity index is 491. The van der Waals surface area contributed by atoms with Gasteiger partial charge >= 0.3 is 0 Å². The number of aryl methyl sites for hydroxylation is 1. The lowest BCUT2D eigenvalue weighted by molar-refractivity contribution is 0.240. The van der Waals surface area contributed by atoms with E-state index < -0.39 is 0 Å². The van der Waals surface area contributed by atoms with Gasteiger partial charge in [-0.2, -0.15) is 0 Å². The molecule has 1 aliphatic rings. The second-order valence-corrected chi connectivity index (χ2v) is 6.00. The topological polar surface area (TPSA) is 50.8 Å². The fraction of sp³-hybridized carbons (Fsp3) is 0.588. The zero-order valence-corrected chi connectivity index (χ0v) is 13.4. The van der Waals surface area contributed by atoms with Crippen LogP contribution in [-0.4, -0.2) is 30.1 Å². The highest BCUT2D eigenvalue weighted by Crippen LogP contribution is 2.22. The highest BCUT2D eigenvalue weighted by molar-refractivity contribution is 5.78. The first-order valence-electron chi connectivity index (χ1n) is 7.87. The number of rotatable bonds is 4. The predicted molar refractivity (Wildman–Crippen MR) is 87.7 cm³/mol. The van der Waals surface area contributed by atoms with Gasteiger partial charge in [0.25, 0.3) is 0 Å². The summed E-state index contributed by atoms with van der Waals surface area (Å²) in [6.07, 6.45) is 3.88. The van der Waals surface area contributed by atoms with Crippen molar-refractivity contribution >= 4 is 5.96 Å². The first-order valence-corrected chi connectivity index (χ1v) is 7.87. The van der Waals surface area contributed by atoms with Crippen molar-refractivity contribution in [2.75, 3.05) is 13.1 Å². The van der Waals surface area contributed by atoms with Crippen LogP contribution in [-0.2, 0) is 6.54 Å². The molecule has 0 saturated carbocycles. The zero-order chi connectivity index (χ0) is 15.2. The van der Waals surface area contributed by atoms with E-state index in [-0.39, 0.29) is 6.10 Å². The average molecular weight is 289 g/mol. The van der Waals surface area contributed by atoms with Gasteiger partial charge in [-0.25, -0.2) is 4.99 Å². The second-order valence-electron chi connectivity index (χ2n) is 6.00. The van der Waals surface area contributed by atoms with Gasteiger partial charge in [0, 0.05) is 18.7 Å². The van der Waals surface area contributed by atoms with Crippen LogP contribution in [0.25, 0.3) is 0 Å². The summed E-state index contributed by atoms with van der Waals surface area (Å²) in [7, 11) is 0. The van der Waals surface area contributed by atoms with Gasteiger partial charge in [-0.15, -0.1) is 0 Å². The highest BCUT2D eigenvalue weighted by atomic mass is 16.5. The van der Waals surface area contributed by atoms with Crippen LogP contribution in [0.1, 0.15) is 44.2 Å². The van der Waals surface area contributed by atoms with Gasteiger partial charge in [0.2, 0.25) is 0 Å². The molecular formula is C17H27N3O. The minimum Gasteiger partial charge on any atom is -0.491 e. The standard InChI is InChI=1S/C17H27N3O/c1-13(2)21-16-11-14(3)7-8-15(16)12-19-17(18)20-9-5-4-6-10-20/h7-8,11,13H,4-6,9-10,12H2,1-3H3,(H2,18,19). The predicted octanol–water partition coefficient (Wildman–Crippen LogP) is 3.08. The number of piperidine rings is 1. The normalized spacial score (nSPS) is 16.4. The molecule has 4 nitrogen and oxygen atoms in total. The van der Waals surface area contributed by atoms with Crippen molar-refractivity contribution in [3.8, 4) is 5.75 Å². The molecule has 116 valence electrons. The number of guanidine groups is 1. The Hall–Kier alpha value is -1.71. The summed E-state index contributed by atoms with van der Waals surface area (Å²) in [5.74, 6) is 1.57. The molecule has 0 bridgehead atoms. The monoisotopic (exact) mass is 289 g/mol. The summed E-state index contributed by atoms with van der Waals surface area (Å²) in [6.45, 7) is 8.78. The number of aliphatic imine (C=N–C) groups is 1. The summed E-state index contributed by atoms with van der Waals surface area (Å²) < 4.78 is 5.88. The van der Waals surface area contributed by atoms with Crippen molar-refractivity contribution < 1.29 is 4.74 Å². The third kappa shape index (κ3) is 4.66. The highest BCUT2D eigenvalue weighted by Gasteiger charge is 2.12. The number of hydrogen-bond acceptors (Lipinski definition) is 2. The average Bonchev–Trinajstić information content (AvgIpc) is 2.46. The molecule has 2 rings (SSSR count). The third-order valence-corrected chi connectivity index (χ3v) is 3.68. The van der Waals surface area contributed by atoms with E-state index in [1.165, 1.54) is 24.8 Å². The summed E-state index contributed by atoms with van der Waals surface area (Å²) in [5.41, 5.74) is 8.40. The van der Waals surface area contributed by atoms with E-state index in [1.807, 2.05) is 13.8 Å². The van der Waals surface area contributed by atoms with Gasteiger partial charge in [-0.1, -0.05) is 12.1 Å². The number of ether oxygens (including phenoxy) is 1. The third-order valence-electron chi connectivity index (χ3n) is 3.68. The molecule has 1 aliphatic heterocycles. The van der Waals surface area contributed by atoms with Crippen LogP contribution in [0.4, 0.5) is 0 Å². The summed E-state index contributed by atoms with van der Waals surface area (Å²) in [6, 6.07) is 6.25. The van der Waals surface area contributed by atoms with Crippen molar-refractivity contribution in [3.05, 3.63) is 29.3 Å². The molecule has 1 fully saturated rings. The molecule has 1 heterocycles. The maximum atomic E-state index is 6.11. The Kier molecular flexibility index (Phi) is 5.48. The van der Waals surface area contributed by atoms with Gasteiger partial charge in [-0.3, -0.25) is 0 Å². The van der Waals surface area contributed by atoms with Crippen LogP contribution in [0.5, 0.6) is 5.75 Å². The molecule has 4 heteroatoms. The van der Waals surface area contributed by atoms with E-state index in [1.54, 1.807) is 0 Å². The van der Waals surface area contributed by atoms with E-state index in [9.17, 15) is 0 Å². The summed E-state index contributed by atoms with van der Waals surface area (Å²) >= 11 is 0.